The fraction of sp³-hybridized carbons (Fsp3) is 0.263. The summed E-state index contributed by atoms with van der Waals surface area (Å²) >= 11 is 0. The Bertz CT molecular complexity index is 678. The molecule has 0 aromatic heterocycles. The Morgan fingerprint density at radius 2 is 1.70 bits per heavy atom. The molecule has 2 rings (SSSR count). The third-order valence-electron chi connectivity index (χ3n) is 3.47. The molecule has 0 spiro atoms. The molecule has 0 fully saturated rings. The van der Waals surface area contributed by atoms with Crippen molar-refractivity contribution in [2.75, 3.05) is 11.9 Å². The minimum atomic E-state index is -0.168. The van der Waals surface area contributed by atoms with E-state index in [1.165, 1.54) is 0 Å². The molecule has 4 heteroatoms. The second-order valence-electron chi connectivity index (χ2n) is 5.51. The molecule has 0 radical (unpaired) electrons. The fourth-order valence-electron chi connectivity index (χ4n) is 2.21. The van der Waals surface area contributed by atoms with Crippen molar-refractivity contribution in [3.05, 3.63) is 65.2 Å². The van der Waals surface area contributed by atoms with Crippen LogP contribution in [0.25, 0.3) is 0 Å². The summed E-state index contributed by atoms with van der Waals surface area (Å²) in [5.74, 6) is -0.303. The van der Waals surface area contributed by atoms with Crippen LogP contribution in [-0.4, -0.2) is 18.4 Å². The van der Waals surface area contributed by atoms with Crippen molar-refractivity contribution < 1.29 is 9.59 Å². The minimum Gasteiger partial charge on any atom is -0.352 e. The molecule has 2 aromatic carbocycles. The van der Waals surface area contributed by atoms with Gasteiger partial charge in [-0.1, -0.05) is 48.9 Å². The van der Waals surface area contributed by atoms with E-state index in [-0.39, 0.29) is 18.2 Å². The fourth-order valence-corrected chi connectivity index (χ4v) is 2.21. The van der Waals surface area contributed by atoms with Gasteiger partial charge in [0, 0.05) is 6.54 Å². The zero-order chi connectivity index (χ0) is 16.7. The summed E-state index contributed by atoms with van der Waals surface area (Å²) in [6.07, 6.45) is 1.15. The predicted molar refractivity (Wildman–Crippen MR) is 92.6 cm³/mol. The van der Waals surface area contributed by atoms with Crippen LogP contribution in [0.3, 0.4) is 0 Å². The van der Waals surface area contributed by atoms with Crippen LogP contribution in [0.15, 0.2) is 48.5 Å². The number of benzene rings is 2. The second-order valence-corrected chi connectivity index (χ2v) is 5.51. The van der Waals surface area contributed by atoms with Crippen LogP contribution in [0, 0.1) is 6.92 Å². The van der Waals surface area contributed by atoms with Crippen LogP contribution in [0.4, 0.5) is 5.69 Å². The molecule has 2 N–H and O–H groups in total. The van der Waals surface area contributed by atoms with Crippen LogP contribution < -0.4 is 10.6 Å². The van der Waals surface area contributed by atoms with Gasteiger partial charge >= 0.3 is 0 Å². The monoisotopic (exact) mass is 310 g/mol. The second kappa shape index (κ2) is 8.13. The van der Waals surface area contributed by atoms with Gasteiger partial charge in [-0.15, -0.1) is 0 Å². The summed E-state index contributed by atoms with van der Waals surface area (Å²) in [6, 6.07) is 14.9. The highest BCUT2D eigenvalue weighted by molar-refractivity contribution is 6.04. The normalized spacial score (nSPS) is 10.2. The Kier molecular flexibility index (Phi) is 5.92. The summed E-state index contributed by atoms with van der Waals surface area (Å²) in [4.78, 5) is 24.4. The highest BCUT2D eigenvalue weighted by Gasteiger charge is 2.12. The smallest absolute Gasteiger partial charge is 0.253 e. The van der Waals surface area contributed by atoms with Crippen molar-refractivity contribution in [3.63, 3.8) is 0 Å². The van der Waals surface area contributed by atoms with Crippen LogP contribution in [0.2, 0.25) is 0 Å². The molecular weight excluding hydrogens is 288 g/mol. The van der Waals surface area contributed by atoms with Crippen molar-refractivity contribution in [2.45, 2.75) is 26.7 Å². The zero-order valence-corrected chi connectivity index (χ0v) is 13.6. The summed E-state index contributed by atoms with van der Waals surface area (Å²) in [6.45, 7) is 4.62. The third-order valence-corrected chi connectivity index (χ3v) is 3.47. The SMILES string of the molecule is CCCNC(=O)c1ccccc1NC(=O)Cc1ccc(C)cc1. The van der Waals surface area contributed by atoms with E-state index in [0.29, 0.717) is 17.8 Å². The number of hydrogen-bond donors (Lipinski definition) is 2. The molecule has 0 atom stereocenters. The summed E-state index contributed by atoms with van der Waals surface area (Å²) in [7, 11) is 0. The van der Waals surface area contributed by atoms with E-state index in [0.717, 1.165) is 17.5 Å². The first kappa shape index (κ1) is 16.7. The van der Waals surface area contributed by atoms with Gasteiger partial charge in [-0.25, -0.2) is 0 Å². The largest absolute Gasteiger partial charge is 0.352 e. The maximum absolute atomic E-state index is 12.2. The first-order chi connectivity index (χ1) is 11.1. The van der Waals surface area contributed by atoms with Crippen LogP contribution in [0.1, 0.15) is 34.8 Å². The summed E-state index contributed by atoms with van der Waals surface area (Å²) < 4.78 is 0. The zero-order valence-electron chi connectivity index (χ0n) is 13.6. The average molecular weight is 310 g/mol. The van der Waals surface area contributed by atoms with Crippen molar-refractivity contribution >= 4 is 17.5 Å². The lowest BCUT2D eigenvalue weighted by atomic mass is 10.1. The van der Waals surface area contributed by atoms with E-state index >= 15 is 0 Å². The van der Waals surface area contributed by atoms with Crippen LogP contribution in [-0.2, 0) is 11.2 Å². The van der Waals surface area contributed by atoms with Crippen LogP contribution >= 0.6 is 0 Å². The third kappa shape index (κ3) is 4.95. The maximum Gasteiger partial charge on any atom is 0.253 e. The molecular formula is C19H22N2O2. The number of nitrogens with one attached hydrogen (secondary N) is 2. The topological polar surface area (TPSA) is 58.2 Å². The molecule has 0 bridgehead atoms. The molecule has 2 aromatic rings. The molecule has 4 nitrogen and oxygen atoms in total. The number of anilines is 1. The summed E-state index contributed by atoms with van der Waals surface area (Å²) in [5.41, 5.74) is 3.13. The lowest BCUT2D eigenvalue weighted by Gasteiger charge is -2.11. The Morgan fingerprint density at radius 1 is 1.00 bits per heavy atom. The van der Waals surface area contributed by atoms with Gasteiger partial charge < -0.3 is 10.6 Å². The first-order valence-corrected chi connectivity index (χ1v) is 7.82. The van der Waals surface area contributed by atoms with E-state index in [9.17, 15) is 9.59 Å². The number of carbonyl (C=O) groups is 2. The molecule has 0 aliphatic carbocycles. The molecule has 0 aliphatic rings. The Labute approximate surface area is 136 Å². The number of hydrogen-bond acceptors (Lipinski definition) is 2. The van der Waals surface area contributed by atoms with Crippen LogP contribution in [0.5, 0.6) is 0 Å². The number of rotatable bonds is 6. The predicted octanol–water partition coefficient (Wildman–Crippen LogP) is 3.32. The Hall–Kier alpha value is -2.62. The average Bonchev–Trinajstić information content (AvgIpc) is 2.55. The Morgan fingerprint density at radius 3 is 2.39 bits per heavy atom. The molecule has 0 heterocycles. The van der Waals surface area contributed by atoms with Crippen molar-refractivity contribution in [1.29, 1.82) is 0 Å². The molecule has 0 saturated heterocycles. The summed E-state index contributed by atoms with van der Waals surface area (Å²) in [5, 5.41) is 5.66. The molecule has 23 heavy (non-hydrogen) atoms. The van der Waals surface area contributed by atoms with Gasteiger partial charge in [0.1, 0.15) is 0 Å². The molecule has 0 unspecified atom stereocenters. The number of carbonyl (C=O) groups excluding carboxylic acids is 2. The molecule has 2 amide bonds. The maximum atomic E-state index is 12.2. The first-order valence-electron chi connectivity index (χ1n) is 7.82. The highest BCUT2D eigenvalue weighted by Crippen LogP contribution is 2.15. The van der Waals surface area contributed by atoms with E-state index in [2.05, 4.69) is 10.6 Å². The number of aryl methyl sites for hydroxylation is 1. The minimum absolute atomic E-state index is 0.135. The molecule has 0 aliphatic heterocycles. The van der Waals surface area contributed by atoms with Crippen molar-refractivity contribution in [2.24, 2.45) is 0 Å². The van der Waals surface area contributed by atoms with Gasteiger partial charge in [0.15, 0.2) is 0 Å². The molecule has 120 valence electrons. The van der Waals surface area contributed by atoms with Gasteiger partial charge in [-0.05, 0) is 31.0 Å². The van der Waals surface area contributed by atoms with E-state index in [1.807, 2.05) is 38.1 Å². The van der Waals surface area contributed by atoms with E-state index < -0.39 is 0 Å². The van der Waals surface area contributed by atoms with Gasteiger partial charge in [0.05, 0.1) is 17.7 Å². The van der Waals surface area contributed by atoms with Crippen molar-refractivity contribution in [1.82, 2.24) is 5.32 Å². The van der Waals surface area contributed by atoms with Gasteiger partial charge in [-0.2, -0.15) is 0 Å². The molecule has 0 saturated carbocycles. The quantitative estimate of drug-likeness (QED) is 0.860. The number of para-hydroxylation sites is 1. The van der Waals surface area contributed by atoms with Gasteiger partial charge in [0.25, 0.3) is 5.91 Å². The van der Waals surface area contributed by atoms with E-state index in [4.69, 9.17) is 0 Å². The van der Waals surface area contributed by atoms with Crippen molar-refractivity contribution in [3.8, 4) is 0 Å². The van der Waals surface area contributed by atoms with E-state index in [1.54, 1.807) is 24.3 Å². The standard InChI is InChI=1S/C19H22N2O2/c1-3-12-20-19(23)16-6-4-5-7-17(16)21-18(22)13-15-10-8-14(2)9-11-15/h4-11H,3,12-13H2,1-2H3,(H,20,23)(H,21,22). The Balaban J connectivity index is 2.05. The number of amides is 2. The lowest BCUT2D eigenvalue weighted by Crippen LogP contribution is -2.26. The highest BCUT2D eigenvalue weighted by atomic mass is 16.2. The lowest BCUT2D eigenvalue weighted by molar-refractivity contribution is -0.115. The van der Waals surface area contributed by atoms with Gasteiger partial charge in [-0.3, -0.25) is 9.59 Å². The van der Waals surface area contributed by atoms with Gasteiger partial charge in [0.2, 0.25) is 5.91 Å².